The first-order valence-corrected chi connectivity index (χ1v) is 6.45. The number of fused-ring (bicyclic) bond motifs is 1. The first-order chi connectivity index (χ1) is 8.19. The lowest BCUT2D eigenvalue weighted by atomic mass is 9.52. The molecule has 0 aromatic rings. The highest BCUT2D eigenvalue weighted by Crippen LogP contribution is 2.57. The highest BCUT2D eigenvalue weighted by atomic mass is 16.6. The summed E-state index contributed by atoms with van der Waals surface area (Å²) in [5.41, 5.74) is -0.449. The average molecular weight is 250 g/mol. The Morgan fingerprint density at radius 1 is 1.56 bits per heavy atom. The third-order valence-electron chi connectivity index (χ3n) is 4.73. The van der Waals surface area contributed by atoms with Gasteiger partial charge in [0.2, 0.25) is 0 Å². The van der Waals surface area contributed by atoms with Crippen molar-refractivity contribution in [1.82, 2.24) is 0 Å². The molecule has 1 aliphatic heterocycles. The molecule has 3 heteroatoms. The molecule has 1 aliphatic carbocycles. The fourth-order valence-electron chi connectivity index (χ4n) is 3.22. The van der Waals surface area contributed by atoms with Crippen LogP contribution in [-0.4, -0.2) is 22.8 Å². The molecule has 2 aliphatic rings. The van der Waals surface area contributed by atoms with Crippen LogP contribution in [0.3, 0.4) is 0 Å². The van der Waals surface area contributed by atoms with E-state index in [-0.39, 0.29) is 17.3 Å². The van der Waals surface area contributed by atoms with Gasteiger partial charge in [0.25, 0.3) is 0 Å². The second kappa shape index (κ2) is 3.95. The van der Waals surface area contributed by atoms with E-state index in [1.807, 2.05) is 0 Å². The zero-order chi connectivity index (χ0) is 13.7. The van der Waals surface area contributed by atoms with Crippen molar-refractivity contribution >= 4 is 5.97 Å². The van der Waals surface area contributed by atoms with Crippen LogP contribution in [0.2, 0.25) is 0 Å². The summed E-state index contributed by atoms with van der Waals surface area (Å²) in [6, 6.07) is 0. The molecule has 2 rings (SSSR count). The van der Waals surface area contributed by atoms with Gasteiger partial charge >= 0.3 is 5.97 Å². The van der Waals surface area contributed by atoms with E-state index in [0.717, 1.165) is 6.42 Å². The molecule has 3 nitrogen and oxygen atoms in total. The summed E-state index contributed by atoms with van der Waals surface area (Å²) in [7, 11) is 0. The van der Waals surface area contributed by atoms with Crippen LogP contribution in [0.4, 0.5) is 0 Å². The Balaban J connectivity index is 2.29. The summed E-state index contributed by atoms with van der Waals surface area (Å²) in [6.07, 6.45) is 2.55. The van der Waals surface area contributed by atoms with Crippen molar-refractivity contribution < 1.29 is 14.6 Å². The minimum Gasteiger partial charge on any atom is -0.456 e. The van der Waals surface area contributed by atoms with Gasteiger partial charge in [0, 0.05) is 5.57 Å². The Labute approximate surface area is 109 Å². The van der Waals surface area contributed by atoms with Crippen LogP contribution >= 0.6 is 0 Å². The maximum Gasteiger partial charge on any atom is 0.334 e. The van der Waals surface area contributed by atoms with Gasteiger partial charge in [0.15, 0.2) is 0 Å². The molecule has 0 unspecified atom stereocenters. The van der Waals surface area contributed by atoms with E-state index >= 15 is 0 Å². The second-order valence-corrected chi connectivity index (χ2v) is 6.49. The van der Waals surface area contributed by atoms with Gasteiger partial charge in [-0.3, -0.25) is 0 Å². The summed E-state index contributed by atoms with van der Waals surface area (Å²) in [4.78, 5) is 11.9. The van der Waals surface area contributed by atoms with Crippen molar-refractivity contribution in [2.75, 3.05) is 0 Å². The first kappa shape index (κ1) is 13.3. The van der Waals surface area contributed by atoms with Gasteiger partial charge in [-0.25, -0.2) is 4.79 Å². The molecule has 18 heavy (non-hydrogen) atoms. The zero-order valence-electron chi connectivity index (χ0n) is 11.4. The third-order valence-corrected chi connectivity index (χ3v) is 4.73. The Kier molecular flexibility index (Phi) is 2.93. The van der Waals surface area contributed by atoms with Crippen LogP contribution in [0.15, 0.2) is 24.8 Å². The first-order valence-electron chi connectivity index (χ1n) is 6.45. The molecule has 2 fully saturated rings. The highest BCUT2D eigenvalue weighted by Gasteiger charge is 2.54. The molecule has 0 spiro atoms. The van der Waals surface area contributed by atoms with Crippen molar-refractivity contribution in [1.29, 1.82) is 0 Å². The summed E-state index contributed by atoms with van der Waals surface area (Å²) in [6.45, 7) is 13.5. The zero-order valence-corrected chi connectivity index (χ0v) is 11.4. The van der Waals surface area contributed by atoms with Gasteiger partial charge in [0.05, 0.1) is 0 Å². The standard InChI is InChI=1S/C15H22O3/c1-6-15(5,17)12-7-11-10(8-14(11,3)4)9(2)13(16)18-12/h6,10-12,17H,1-2,7-8H2,3-5H3/t10-,11+,12+,15-/m1/s1. The van der Waals surface area contributed by atoms with Crippen molar-refractivity contribution in [3.63, 3.8) is 0 Å². The van der Waals surface area contributed by atoms with Gasteiger partial charge in [-0.05, 0) is 37.0 Å². The summed E-state index contributed by atoms with van der Waals surface area (Å²) >= 11 is 0. The van der Waals surface area contributed by atoms with Crippen LogP contribution in [0.1, 0.15) is 33.6 Å². The van der Waals surface area contributed by atoms with Crippen molar-refractivity contribution in [3.8, 4) is 0 Å². The molecule has 1 saturated carbocycles. The second-order valence-electron chi connectivity index (χ2n) is 6.49. The Bertz CT molecular complexity index is 406. The largest absolute Gasteiger partial charge is 0.456 e. The van der Waals surface area contributed by atoms with Crippen LogP contribution in [0, 0.1) is 17.3 Å². The van der Waals surface area contributed by atoms with Gasteiger partial charge < -0.3 is 9.84 Å². The minimum absolute atomic E-state index is 0.178. The molecule has 0 radical (unpaired) electrons. The monoisotopic (exact) mass is 250 g/mol. The fraction of sp³-hybridized carbons (Fsp3) is 0.667. The molecule has 0 bridgehead atoms. The highest BCUT2D eigenvalue weighted by molar-refractivity contribution is 5.89. The number of rotatable bonds is 2. The topological polar surface area (TPSA) is 46.5 Å². The van der Waals surface area contributed by atoms with E-state index in [1.54, 1.807) is 6.92 Å². The smallest absolute Gasteiger partial charge is 0.334 e. The quantitative estimate of drug-likeness (QED) is 0.465. The van der Waals surface area contributed by atoms with E-state index in [1.165, 1.54) is 6.08 Å². The number of esters is 1. The number of ether oxygens (including phenoxy) is 1. The van der Waals surface area contributed by atoms with Crippen molar-refractivity contribution in [2.45, 2.75) is 45.3 Å². The van der Waals surface area contributed by atoms with E-state index in [2.05, 4.69) is 27.0 Å². The maximum absolute atomic E-state index is 11.9. The lowest BCUT2D eigenvalue weighted by molar-refractivity contribution is -0.154. The predicted octanol–water partition coefficient (Wildman–Crippen LogP) is 2.46. The van der Waals surface area contributed by atoms with Crippen LogP contribution in [-0.2, 0) is 9.53 Å². The van der Waals surface area contributed by atoms with Crippen LogP contribution in [0.25, 0.3) is 0 Å². The molecular formula is C15H22O3. The summed E-state index contributed by atoms with van der Waals surface area (Å²) < 4.78 is 5.39. The van der Waals surface area contributed by atoms with Gasteiger partial charge in [-0.1, -0.05) is 26.5 Å². The maximum atomic E-state index is 11.9. The molecule has 0 amide bonds. The Hall–Kier alpha value is -1.09. The van der Waals surface area contributed by atoms with E-state index < -0.39 is 11.7 Å². The molecule has 1 saturated heterocycles. The van der Waals surface area contributed by atoms with E-state index in [0.29, 0.717) is 17.9 Å². The summed E-state index contributed by atoms with van der Waals surface area (Å²) in [5, 5.41) is 10.3. The number of aliphatic hydroxyl groups is 1. The molecule has 4 atom stereocenters. The fourth-order valence-corrected chi connectivity index (χ4v) is 3.22. The molecule has 0 aromatic carbocycles. The van der Waals surface area contributed by atoms with Gasteiger partial charge in [-0.2, -0.15) is 0 Å². The minimum atomic E-state index is -1.18. The number of carbonyl (C=O) groups excluding carboxylic acids is 1. The van der Waals surface area contributed by atoms with E-state index in [9.17, 15) is 9.90 Å². The SMILES string of the molecule is C=C[C@@](C)(O)[C@@H]1C[C@H]2[C@H](CC2(C)C)C(=C)C(=O)O1. The lowest BCUT2D eigenvalue weighted by Gasteiger charge is -2.51. The molecular weight excluding hydrogens is 228 g/mol. The predicted molar refractivity (Wildman–Crippen MR) is 69.8 cm³/mol. The van der Waals surface area contributed by atoms with Gasteiger partial charge in [-0.15, -0.1) is 6.58 Å². The molecule has 1 heterocycles. The van der Waals surface area contributed by atoms with Crippen LogP contribution < -0.4 is 0 Å². The number of hydrogen-bond donors (Lipinski definition) is 1. The van der Waals surface area contributed by atoms with E-state index in [4.69, 9.17) is 4.74 Å². The normalized spacial score (nSPS) is 37.7. The Morgan fingerprint density at radius 3 is 2.67 bits per heavy atom. The number of hydrogen-bond acceptors (Lipinski definition) is 3. The Morgan fingerprint density at radius 2 is 2.17 bits per heavy atom. The molecule has 1 N–H and O–H groups in total. The van der Waals surface area contributed by atoms with Crippen molar-refractivity contribution in [2.24, 2.45) is 17.3 Å². The van der Waals surface area contributed by atoms with Gasteiger partial charge in [0.1, 0.15) is 11.7 Å². The molecule has 0 aromatic heterocycles. The number of carbonyl (C=O) groups is 1. The lowest BCUT2D eigenvalue weighted by Crippen LogP contribution is -2.47. The van der Waals surface area contributed by atoms with Crippen LogP contribution in [0.5, 0.6) is 0 Å². The average Bonchev–Trinajstić information content (AvgIpc) is 2.39. The van der Waals surface area contributed by atoms with Crippen molar-refractivity contribution in [3.05, 3.63) is 24.8 Å². The number of cyclic esters (lactones) is 1. The third kappa shape index (κ3) is 1.91. The summed E-state index contributed by atoms with van der Waals surface area (Å²) in [5.74, 6) is 0.177. The molecule has 100 valence electrons.